The van der Waals surface area contributed by atoms with Gasteiger partial charge in [-0.3, -0.25) is 4.79 Å². The van der Waals surface area contributed by atoms with Crippen molar-refractivity contribution >= 4 is 5.97 Å². The molecule has 0 bridgehead atoms. The van der Waals surface area contributed by atoms with Crippen molar-refractivity contribution < 1.29 is 9.53 Å². The third-order valence-corrected chi connectivity index (χ3v) is 3.97. The van der Waals surface area contributed by atoms with Crippen molar-refractivity contribution in [1.82, 2.24) is 5.32 Å². The maximum Gasteiger partial charge on any atom is 0.305 e. The molecule has 1 aliphatic rings. The number of nitrogens with one attached hydrogen (secondary N) is 1. The summed E-state index contributed by atoms with van der Waals surface area (Å²) in [5.41, 5.74) is 0. The predicted octanol–water partition coefficient (Wildman–Crippen LogP) is 3.52. The third-order valence-electron chi connectivity index (χ3n) is 3.97. The quantitative estimate of drug-likeness (QED) is 0.541. The van der Waals surface area contributed by atoms with Gasteiger partial charge in [-0.1, -0.05) is 20.3 Å². The lowest BCUT2D eigenvalue weighted by molar-refractivity contribution is -0.143. The van der Waals surface area contributed by atoms with Crippen molar-refractivity contribution in [3.63, 3.8) is 0 Å². The molecule has 1 saturated carbocycles. The van der Waals surface area contributed by atoms with Crippen LogP contribution in [0, 0.1) is 11.8 Å². The molecule has 3 heteroatoms. The number of hydrogen-bond acceptors (Lipinski definition) is 3. The van der Waals surface area contributed by atoms with Gasteiger partial charge in [0, 0.05) is 12.5 Å². The second kappa shape index (κ2) is 9.35. The fourth-order valence-corrected chi connectivity index (χ4v) is 3.22. The summed E-state index contributed by atoms with van der Waals surface area (Å²) in [7, 11) is 0. The predicted molar refractivity (Wildman–Crippen MR) is 79.1 cm³/mol. The molecule has 2 atom stereocenters. The van der Waals surface area contributed by atoms with Gasteiger partial charge in [0.2, 0.25) is 0 Å². The Morgan fingerprint density at radius 1 is 1.11 bits per heavy atom. The molecule has 19 heavy (non-hydrogen) atoms. The SMILES string of the molecule is CCOC(=O)CCCCCNC1CC(C)CC(C)C1. The van der Waals surface area contributed by atoms with Gasteiger partial charge in [0.1, 0.15) is 0 Å². The van der Waals surface area contributed by atoms with Crippen molar-refractivity contribution in [3.05, 3.63) is 0 Å². The first-order valence-corrected chi connectivity index (χ1v) is 8.00. The lowest BCUT2D eigenvalue weighted by Gasteiger charge is -2.32. The zero-order valence-corrected chi connectivity index (χ0v) is 12.9. The summed E-state index contributed by atoms with van der Waals surface area (Å²) < 4.78 is 4.91. The Labute approximate surface area is 118 Å². The summed E-state index contributed by atoms with van der Waals surface area (Å²) in [4.78, 5) is 11.2. The van der Waals surface area contributed by atoms with Crippen LogP contribution in [-0.2, 0) is 9.53 Å². The van der Waals surface area contributed by atoms with Crippen LogP contribution in [0.2, 0.25) is 0 Å². The van der Waals surface area contributed by atoms with Crippen molar-refractivity contribution in [2.75, 3.05) is 13.2 Å². The molecule has 0 spiro atoms. The first kappa shape index (κ1) is 16.5. The molecule has 1 N–H and O–H groups in total. The Morgan fingerprint density at radius 3 is 2.42 bits per heavy atom. The van der Waals surface area contributed by atoms with E-state index < -0.39 is 0 Å². The van der Waals surface area contributed by atoms with E-state index in [0.717, 1.165) is 31.2 Å². The summed E-state index contributed by atoms with van der Waals surface area (Å²) in [5, 5.41) is 3.68. The van der Waals surface area contributed by atoms with Gasteiger partial charge >= 0.3 is 5.97 Å². The molecular formula is C16H31NO2. The fourth-order valence-electron chi connectivity index (χ4n) is 3.22. The van der Waals surface area contributed by atoms with E-state index in [0.29, 0.717) is 19.1 Å². The highest BCUT2D eigenvalue weighted by Gasteiger charge is 2.22. The first-order chi connectivity index (χ1) is 9.11. The lowest BCUT2D eigenvalue weighted by atomic mass is 9.80. The van der Waals surface area contributed by atoms with Gasteiger partial charge in [-0.15, -0.1) is 0 Å². The number of carbonyl (C=O) groups excluding carboxylic acids is 1. The minimum Gasteiger partial charge on any atom is -0.466 e. The second-order valence-corrected chi connectivity index (χ2v) is 6.18. The molecular weight excluding hydrogens is 238 g/mol. The van der Waals surface area contributed by atoms with E-state index in [-0.39, 0.29) is 5.97 Å². The largest absolute Gasteiger partial charge is 0.466 e. The molecule has 0 aromatic heterocycles. The Hall–Kier alpha value is -0.570. The molecule has 2 unspecified atom stereocenters. The van der Waals surface area contributed by atoms with E-state index in [1.807, 2.05) is 6.92 Å². The van der Waals surface area contributed by atoms with Crippen LogP contribution in [0.25, 0.3) is 0 Å². The average Bonchev–Trinajstić information content (AvgIpc) is 2.32. The van der Waals surface area contributed by atoms with E-state index in [9.17, 15) is 4.79 Å². The number of esters is 1. The molecule has 0 aromatic carbocycles. The fraction of sp³-hybridized carbons (Fsp3) is 0.938. The Morgan fingerprint density at radius 2 is 1.79 bits per heavy atom. The highest BCUT2D eigenvalue weighted by molar-refractivity contribution is 5.69. The normalized spacial score (nSPS) is 27.2. The standard InChI is InChI=1S/C16H31NO2/c1-4-19-16(18)8-6-5-7-9-17-15-11-13(2)10-14(3)12-15/h13-15,17H,4-12H2,1-3H3. The molecule has 1 fully saturated rings. The number of ether oxygens (including phenoxy) is 1. The van der Waals surface area contributed by atoms with Gasteiger partial charge < -0.3 is 10.1 Å². The monoisotopic (exact) mass is 269 g/mol. The molecule has 0 amide bonds. The number of rotatable bonds is 8. The van der Waals surface area contributed by atoms with Crippen LogP contribution in [0.3, 0.4) is 0 Å². The van der Waals surface area contributed by atoms with Gasteiger partial charge in [-0.05, 0) is 57.4 Å². The molecule has 0 heterocycles. The summed E-state index contributed by atoms with van der Waals surface area (Å²) in [6.07, 6.45) is 7.85. The lowest BCUT2D eigenvalue weighted by Crippen LogP contribution is -2.36. The van der Waals surface area contributed by atoms with Crippen molar-refractivity contribution in [2.24, 2.45) is 11.8 Å². The first-order valence-electron chi connectivity index (χ1n) is 8.00. The number of hydrogen-bond donors (Lipinski definition) is 1. The highest BCUT2D eigenvalue weighted by atomic mass is 16.5. The number of unbranched alkanes of at least 4 members (excludes halogenated alkanes) is 2. The summed E-state index contributed by atoms with van der Waals surface area (Å²) in [6, 6.07) is 0.712. The van der Waals surface area contributed by atoms with Crippen LogP contribution in [0.4, 0.5) is 0 Å². The highest BCUT2D eigenvalue weighted by Crippen LogP contribution is 2.28. The Kier molecular flexibility index (Phi) is 8.11. The van der Waals surface area contributed by atoms with E-state index >= 15 is 0 Å². The van der Waals surface area contributed by atoms with Crippen LogP contribution >= 0.6 is 0 Å². The van der Waals surface area contributed by atoms with Crippen molar-refractivity contribution in [1.29, 1.82) is 0 Å². The maximum atomic E-state index is 11.2. The molecule has 1 rings (SSSR count). The van der Waals surface area contributed by atoms with Crippen LogP contribution in [-0.4, -0.2) is 25.2 Å². The summed E-state index contributed by atoms with van der Waals surface area (Å²) in [6.45, 7) is 8.17. The van der Waals surface area contributed by atoms with Crippen LogP contribution in [0.15, 0.2) is 0 Å². The number of carbonyl (C=O) groups is 1. The average molecular weight is 269 g/mol. The van der Waals surface area contributed by atoms with Crippen LogP contribution in [0.1, 0.15) is 65.7 Å². The summed E-state index contributed by atoms with van der Waals surface area (Å²) >= 11 is 0. The van der Waals surface area contributed by atoms with Crippen molar-refractivity contribution in [3.8, 4) is 0 Å². The van der Waals surface area contributed by atoms with E-state index in [4.69, 9.17) is 4.74 Å². The molecule has 112 valence electrons. The second-order valence-electron chi connectivity index (χ2n) is 6.18. The van der Waals surface area contributed by atoms with Gasteiger partial charge in [0.15, 0.2) is 0 Å². The Balaban J connectivity index is 1.97. The van der Waals surface area contributed by atoms with E-state index in [2.05, 4.69) is 19.2 Å². The minimum absolute atomic E-state index is 0.0506. The van der Waals surface area contributed by atoms with Gasteiger partial charge in [0.05, 0.1) is 6.61 Å². The van der Waals surface area contributed by atoms with Crippen molar-refractivity contribution in [2.45, 2.75) is 71.8 Å². The topological polar surface area (TPSA) is 38.3 Å². The molecule has 0 saturated heterocycles. The van der Waals surface area contributed by atoms with Crippen LogP contribution < -0.4 is 5.32 Å². The zero-order chi connectivity index (χ0) is 14.1. The maximum absolute atomic E-state index is 11.2. The van der Waals surface area contributed by atoms with E-state index in [1.54, 1.807) is 0 Å². The molecule has 3 nitrogen and oxygen atoms in total. The van der Waals surface area contributed by atoms with Crippen LogP contribution in [0.5, 0.6) is 0 Å². The van der Waals surface area contributed by atoms with Gasteiger partial charge in [0.25, 0.3) is 0 Å². The molecule has 1 aliphatic carbocycles. The minimum atomic E-state index is -0.0506. The van der Waals surface area contributed by atoms with Gasteiger partial charge in [-0.2, -0.15) is 0 Å². The summed E-state index contributed by atoms with van der Waals surface area (Å²) in [5.74, 6) is 1.68. The third kappa shape index (κ3) is 7.56. The smallest absolute Gasteiger partial charge is 0.305 e. The van der Waals surface area contributed by atoms with Gasteiger partial charge in [-0.25, -0.2) is 0 Å². The Bertz CT molecular complexity index is 245. The molecule has 0 aromatic rings. The van der Waals surface area contributed by atoms with E-state index in [1.165, 1.54) is 25.7 Å². The molecule has 0 aliphatic heterocycles. The zero-order valence-electron chi connectivity index (χ0n) is 12.9. The molecule has 0 radical (unpaired) electrons.